The average molecular weight is 179 g/mol. The van der Waals surface area contributed by atoms with E-state index in [9.17, 15) is 4.79 Å². The molecule has 0 amide bonds. The van der Waals surface area contributed by atoms with Crippen molar-refractivity contribution in [2.24, 2.45) is 0 Å². The number of hydrogen-bond donors (Lipinski definition) is 0. The number of ketones is 1. The first-order chi connectivity index (χ1) is 6.31. The quantitative estimate of drug-likeness (QED) is 0.660. The predicted octanol–water partition coefficient (Wildman–Crippen LogP) is 1.74. The van der Waals surface area contributed by atoms with E-state index >= 15 is 0 Å². The fourth-order valence-electron chi connectivity index (χ4n) is 1.10. The average Bonchev–Trinajstić information content (AvgIpc) is 2.84. The Morgan fingerprint density at radius 2 is 2.38 bits per heavy atom. The third-order valence-corrected chi connectivity index (χ3v) is 1.97. The van der Waals surface area contributed by atoms with Gasteiger partial charge in [-0.25, -0.2) is 0 Å². The Bertz CT molecular complexity index is 315. The van der Waals surface area contributed by atoms with Crippen LogP contribution in [0.1, 0.15) is 48.7 Å². The van der Waals surface area contributed by atoms with Crippen LogP contribution in [0.5, 0.6) is 0 Å². The molecule has 1 heterocycles. The van der Waals surface area contributed by atoms with E-state index in [0.717, 1.165) is 12.8 Å². The summed E-state index contributed by atoms with van der Waals surface area (Å²) < 4.78 is 5.22. The second-order valence-corrected chi connectivity index (χ2v) is 3.20. The molecule has 0 aliphatic heterocycles. The predicted molar refractivity (Wildman–Crippen MR) is 45.2 cm³/mol. The van der Waals surface area contributed by atoms with Crippen LogP contribution in [-0.4, -0.2) is 16.0 Å². The standard InChI is InChI=1S/C9H11N2O2/c1-2-3-7(12)9-11-10-8(13-9)6-4-5-6/h3,6H,2,4-5H2,1H3. The lowest BCUT2D eigenvalue weighted by molar-refractivity contribution is 0.0989. The molecule has 0 aromatic carbocycles. The highest BCUT2D eigenvalue weighted by Gasteiger charge is 2.30. The van der Waals surface area contributed by atoms with Crippen LogP contribution in [0.3, 0.4) is 0 Å². The first-order valence-electron chi connectivity index (χ1n) is 4.52. The van der Waals surface area contributed by atoms with Crippen molar-refractivity contribution in [2.75, 3.05) is 0 Å². The molecular formula is C9H11N2O2. The fraction of sp³-hybridized carbons (Fsp3) is 0.556. The Hall–Kier alpha value is -1.19. The minimum atomic E-state index is -0.165. The number of carbonyl (C=O) groups is 1. The van der Waals surface area contributed by atoms with E-state index in [1.807, 2.05) is 6.92 Å². The van der Waals surface area contributed by atoms with Gasteiger partial charge in [0.25, 0.3) is 5.89 Å². The van der Waals surface area contributed by atoms with Gasteiger partial charge in [-0.3, -0.25) is 4.79 Å². The smallest absolute Gasteiger partial charge is 0.284 e. The molecule has 1 aliphatic rings. The van der Waals surface area contributed by atoms with Crippen molar-refractivity contribution in [2.45, 2.75) is 32.1 Å². The molecule has 0 N–H and O–H groups in total. The zero-order chi connectivity index (χ0) is 9.26. The van der Waals surface area contributed by atoms with Crippen molar-refractivity contribution in [1.29, 1.82) is 0 Å². The molecule has 13 heavy (non-hydrogen) atoms. The largest absolute Gasteiger partial charge is 0.418 e. The van der Waals surface area contributed by atoms with Gasteiger partial charge in [-0.15, -0.1) is 10.2 Å². The maximum atomic E-state index is 11.2. The van der Waals surface area contributed by atoms with Crippen molar-refractivity contribution in [1.82, 2.24) is 10.2 Å². The first kappa shape index (κ1) is 8.41. The molecule has 0 bridgehead atoms. The Labute approximate surface area is 76.3 Å². The highest BCUT2D eigenvalue weighted by atomic mass is 16.4. The lowest BCUT2D eigenvalue weighted by Crippen LogP contribution is -1.98. The van der Waals surface area contributed by atoms with E-state index in [-0.39, 0.29) is 11.7 Å². The zero-order valence-electron chi connectivity index (χ0n) is 7.49. The third kappa shape index (κ3) is 1.76. The number of rotatable bonds is 4. The number of carbonyl (C=O) groups excluding carboxylic acids is 1. The van der Waals surface area contributed by atoms with E-state index in [1.54, 1.807) is 6.42 Å². The van der Waals surface area contributed by atoms with E-state index in [0.29, 0.717) is 18.2 Å². The molecule has 0 atom stereocenters. The molecule has 2 rings (SSSR count). The maximum absolute atomic E-state index is 11.2. The van der Waals surface area contributed by atoms with Crippen molar-refractivity contribution in [3.63, 3.8) is 0 Å². The van der Waals surface area contributed by atoms with Gasteiger partial charge in [-0.2, -0.15) is 0 Å². The summed E-state index contributed by atoms with van der Waals surface area (Å²) in [5.74, 6) is 0.995. The molecule has 1 aromatic rings. The van der Waals surface area contributed by atoms with E-state index < -0.39 is 0 Å². The van der Waals surface area contributed by atoms with Gasteiger partial charge in [0.05, 0.1) is 0 Å². The first-order valence-corrected chi connectivity index (χ1v) is 4.52. The minimum Gasteiger partial charge on any atom is -0.418 e. The molecule has 4 nitrogen and oxygen atoms in total. The third-order valence-electron chi connectivity index (χ3n) is 1.97. The molecule has 1 aromatic heterocycles. The summed E-state index contributed by atoms with van der Waals surface area (Å²) in [4.78, 5) is 11.2. The van der Waals surface area contributed by atoms with Crippen molar-refractivity contribution in [3.8, 4) is 0 Å². The Balaban J connectivity index is 2.07. The van der Waals surface area contributed by atoms with Gasteiger partial charge in [0, 0.05) is 12.3 Å². The lowest BCUT2D eigenvalue weighted by Gasteiger charge is -1.88. The normalized spacial score (nSPS) is 16.1. The van der Waals surface area contributed by atoms with Crippen LogP contribution in [0.15, 0.2) is 4.42 Å². The Morgan fingerprint density at radius 3 is 3.00 bits per heavy atom. The summed E-state index contributed by atoms with van der Waals surface area (Å²) >= 11 is 0. The molecule has 69 valence electrons. The van der Waals surface area contributed by atoms with E-state index in [1.165, 1.54) is 0 Å². The van der Waals surface area contributed by atoms with Gasteiger partial charge < -0.3 is 4.42 Å². The highest BCUT2D eigenvalue weighted by molar-refractivity contribution is 5.98. The van der Waals surface area contributed by atoms with Gasteiger partial charge in [-0.05, 0) is 19.3 Å². The summed E-state index contributed by atoms with van der Waals surface area (Å²) in [6, 6.07) is 0. The van der Waals surface area contributed by atoms with E-state index in [2.05, 4.69) is 10.2 Å². The molecule has 0 unspecified atom stereocenters. The summed E-state index contributed by atoms with van der Waals surface area (Å²) in [5.41, 5.74) is 0. The van der Waals surface area contributed by atoms with Crippen LogP contribution in [0.4, 0.5) is 0 Å². The SMILES string of the molecule is CC[CH]C(=O)c1nnc(C2CC2)o1. The summed E-state index contributed by atoms with van der Waals surface area (Å²) in [6.45, 7) is 1.90. The second-order valence-electron chi connectivity index (χ2n) is 3.20. The molecule has 1 aliphatic carbocycles. The number of nitrogens with zero attached hydrogens (tertiary/aromatic N) is 2. The molecule has 4 heteroatoms. The van der Waals surface area contributed by atoms with Crippen LogP contribution in [0, 0.1) is 6.42 Å². The van der Waals surface area contributed by atoms with E-state index in [4.69, 9.17) is 4.42 Å². The Kier molecular flexibility index (Phi) is 2.12. The molecule has 1 radical (unpaired) electrons. The fourth-order valence-corrected chi connectivity index (χ4v) is 1.10. The molecule has 0 spiro atoms. The summed E-state index contributed by atoms with van der Waals surface area (Å²) in [7, 11) is 0. The minimum absolute atomic E-state index is 0.128. The van der Waals surface area contributed by atoms with Crippen molar-refractivity contribution >= 4 is 5.78 Å². The molecular weight excluding hydrogens is 168 g/mol. The summed E-state index contributed by atoms with van der Waals surface area (Å²) in [6.07, 6.45) is 4.45. The van der Waals surface area contributed by atoms with Gasteiger partial charge >= 0.3 is 0 Å². The number of Topliss-reactive ketones (excluding diaryl/α,β-unsaturated/α-hetero) is 1. The molecule has 1 fully saturated rings. The van der Waals surface area contributed by atoms with Gasteiger partial charge in [0.2, 0.25) is 11.7 Å². The van der Waals surface area contributed by atoms with Crippen LogP contribution in [0.2, 0.25) is 0 Å². The Morgan fingerprint density at radius 1 is 1.62 bits per heavy atom. The van der Waals surface area contributed by atoms with Crippen LogP contribution >= 0.6 is 0 Å². The maximum Gasteiger partial charge on any atom is 0.284 e. The topological polar surface area (TPSA) is 56.0 Å². The number of hydrogen-bond acceptors (Lipinski definition) is 4. The zero-order valence-corrected chi connectivity index (χ0v) is 7.49. The number of aromatic nitrogens is 2. The van der Waals surface area contributed by atoms with Gasteiger partial charge in [0.1, 0.15) is 0 Å². The summed E-state index contributed by atoms with van der Waals surface area (Å²) in [5, 5.41) is 7.52. The van der Waals surface area contributed by atoms with Gasteiger partial charge in [-0.1, -0.05) is 6.92 Å². The molecule has 0 saturated heterocycles. The second kappa shape index (κ2) is 3.28. The van der Waals surface area contributed by atoms with Crippen LogP contribution < -0.4 is 0 Å². The monoisotopic (exact) mass is 179 g/mol. The van der Waals surface area contributed by atoms with Crippen LogP contribution in [-0.2, 0) is 0 Å². The molecule has 1 saturated carbocycles. The highest BCUT2D eigenvalue weighted by Crippen LogP contribution is 2.39. The lowest BCUT2D eigenvalue weighted by atomic mass is 10.2. The van der Waals surface area contributed by atoms with Crippen molar-refractivity contribution in [3.05, 3.63) is 18.2 Å². The van der Waals surface area contributed by atoms with Gasteiger partial charge in [0.15, 0.2) is 0 Å². The van der Waals surface area contributed by atoms with Crippen LogP contribution in [0.25, 0.3) is 0 Å². The van der Waals surface area contributed by atoms with Crippen molar-refractivity contribution < 1.29 is 9.21 Å².